The number of halogens is 4. The number of hydrogen-bond acceptors (Lipinski definition) is 3. The van der Waals surface area contributed by atoms with Crippen LogP contribution in [-0.4, -0.2) is 28.5 Å². The Morgan fingerprint density at radius 1 is 1.30 bits per heavy atom. The fraction of sp³-hybridized carbons (Fsp3) is 0.273. The lowest BCUT2D eigenvalue weighted by atomic mass is 10.1. The summed E-state index contributed by atoms with van der Waals surface area (Å²) in [4.78, 5) is 21.7. The number of carbonyl (C=O) groups is 2. The number of amides is 1. The minimum Gasteiger partial charge on any atom is -0.481 e. The SMILES string of the molecule is O=C(O)CSCC(=O)Nc1ccc(Br)cc1C(F)(F)F. The molecule has 0 radical (unpaired) electrons. The molecule has 0 aliphatic carbocycles. The first-order chi connectivity index (χ1) is 9.20. The standard InChI is InChI=1S/C11H9BrF3NO3S/c12-6-1-2-8(7(3-6)11(13,14)15)16-9(17)4-20-5-10(18)19/h1-3H,4-5H2,(H,16,17)(H,18,19). The smallest absolute Gasteiger partial charge is 0.418 e. The highest BCUT2D eigenvalue weighted by molar-refractivity contribution is 9.10. The molecule has 1 aromatic carbocycles. The molecule has 0 atom stereocenters. The second-order valence-electron chi connectivity index (χ2n) is 3.62. The average molecular weight is 372 g/mol. The van der Waals surface area contributed by atoms with Gasteiger partial charge in [0, 0.05) is 4.47 Å². The van der Waals surface area contributed by atoms with Crippen LogP contribution in [0.5, 0.6) is 0 Å². The molecular formula is C11H9BrF3NO3S. The van der Waals surface area contributed by atoms with Crippen molar-refractivity contribution in [3.63, 3.8) is 0 Å². The van der Waals surface area contributed by atoms with Crippen LogP contribution in [0.1, 0.15) is 5.56 Å². The molecule has 4 nitrogen and oxygen atoms in total. The molecule has 1 aromatic rings. The third-order valence-electron chi connectivity index (χ3n) is 2.02. The molecular weight excluding hydrogens is 363 g/mol. The van der Waals surface area contributed by atoms with E-state index in [-0.39, 0.29) is 21.7 Å². The van der Waals surface area contributed by atoms with Crippen molar-refractivity contribution in [3.05, 3.63) is 28.2 Å². The molecule has 0 bridgehead atoms. The molecule has 1 rings (SSSR count). The summed E-state index contributed by atoms with van der Waals surface area (Å²) in [6, 6.07) is 3.36. The third-order valence-corrected chi connectivity index (χ3v) is 3.43. The Hall–Kier alpha value is -1.22. The Labute approximate surface area is 124 Å². The van der Waals surface area contributed by atoms with Gasteiger partial charge < -0.3 is 10.4 Å². The van der Waals surface area contributed by atoms with Crippen LogP contribution in [0.25, 0.3) is 0 Å². The Balaban J connectivity index is 2.77. The van der Waals surface area contributed by atoms with E-state index in [2.05, 4.69) is 21.2 Å². The number of thioether (sulfide) groups is 1. The van der Waals surface area contributed by atoms with Crippen molar-refractivity contribution in [2.24, 2.45) is 0 Å². The van der Waals surface area contributed by atoms with Crippen LogP contribution in [0.2, 0.25) is 0 Å². The Morgan fingerprint density at radius 3 is 2.50 bits per heavy atom. The van der Waals surface area contributed by atoms with Gasteiger partial charge in [-0.2, -0.15) is 13.2 Å². The first kappa shape index (κ1) is 16.8. The van der Waals surface area contributed by atoms with Gasteiger partial charge in [0.25, 0.3) is 0 Å². The van der Waals surface area contributed by atoms with Gasteiger partial charge in [0.05, 0.1) is 22.8 Å². The molecule has 2 N–H and O–H groups in total. The van der Waals surface area contributed by atoms with Gasteiger partial charge in [-0.1, -0.05) is 15.9 Å². The normalized spacial score (nSPS) is 11.2. The molecule has 0 aliphatic heterocycles. The van der Waals surface area contributed by atoms with Crippen molar-refractivity contribution in [3.8, 4) is 0 Å². The van der Waals surface area contributed by atoms with Crippen LogP contribution in [0.4, 0.5) is 18.9 Å². The number of hydrogen-bond donors (Lipinski definition) is 2. The van der Waals surface area contributed by atoms with Crippen LogP contribution in [-0.2, 0) is 15.8 Å². The number of carboxylic acids is 1. The van der Waals surface area contributed by atoms with Gasteiger partial charge in [0.1, 0.15) is 0 Å². The molecule has 0 fully saturated rings. The van der Waals surface area contributed by atoms with Gasteiger partial charge in [0.15, 0.2) is 0 Å². The summed E-state index contributed by atoms with van der Waals surface area (Å²) >= 11 is 3.73. The van der Waals surface area contributed by atoms with Crippen molar-refractivity contribution in [2.45, 2.75) is 6.18 Å². The maximum absolute atomic E-state index is 12.8. The van der Waals surface area contributed by atoms with E-state index in [1.54, 1.807) is 0 Å². The highest BCUT2D eigenvalue weighted by atomic mass is 79.9. The van der Waals surface area contributed by atoms with Crippen LogP contribution in [0, 0.1) is 0 Å². The van der Waals surface area contributed by atoms with Gasteiger partial charge >= 0.3 is 12.1 Å². The molecule has 1 amide bonds. The molecule has 0 saturated carbocycles. The fourth-order valence-electron chi connectivity index (χ4n) is 1.28. The predicted octanol–water partition coefficient (Wildman–Crippen LogP) is 3.22. The summed E-state index contributed by atoms with van der Waals surface area (Å²) in [5.41, 5.74) is -1.33. The highest BCUT2D eigenvalue weighted by Crippen LogP contribution is 2.36. The summed E-state index contributed by atoms with van der Waals surface area (Å²) in [6.45, 7) is 0. The minimum absolute atomic E-state index is 0.236. The number of carbonyl (C=O) groups excluding carboxylic acids is 1. The van der Waals surface area contributed by atoms with Crippen molar-refractivity contribution in [1.82, 2.24) is 0 Å². The van der Waals surface area contributed by atoms with E-state index in [4.69, 9.17) is 5.11 Å². The molecule has 110 valence electrons. The van der Waals surface area contributed by atoms with Gasteiger partial charge in [-0.25, -0.2) is 0 Å². The molecule has 0 saturated heterocycles. The third kappa shape index (κ3) is 5.41. The van der Waals surface area contributed by atoms with E-state index in [0.29, 0.717) is 0 Å². The number of anilines is 1. The predicted molar refractivity (Wildman–Crippen MR) is 72.7 cm³/mol. The van der Waals surface area contributed by atoms with E-state index in [1.807, 2.05) is 0 Å². The number of aliphatic carboxylic acids is 1. The largest absolute Gasteiger partial charge is 0.481 e. The number of alkyl halides is 3. The lowest BCUT2D eigenvalue weighted by molar-refractivity contribution is -0.137. The van der Waals surface area contributed by atoms with Crippen molar-refractivity contribution >= 4 is 45.3 Å². The van der Waals surface area contributed by atoms with Gasteiger partial charge in [0.2, 0.25) is 5.91 Å². The van der Waals surface area contributed by atoms with Crippen molar-refractivity contribution < 1.29 is 27.9 Å². The van der Waals surface area contributed by atoms with Gasteiger partial charge in [-0.05, 0) is 18.2 Å². The van der Waals surface area contributed by atoms with Gasteiger partial charge in [-0.3, -0.25) is 9.59 Å². The van der Waals surface area contributed by atoms with Crippen molar-refractivity contribution in [2.75, 3.05) is 16.8 Å². The molecule has 0 spiro atoms. The molecule has 0 heterocycles. The zero-order chi connectivity index (χ0) is 15.3. The van der Waals surface area contributed by atoms with Crippen LogP contribution in [0.3, 0.4) is 0 Å². The number of carboxylic acid groups (broad SMARTS) is 1. The Bertz CT molecular complexity index is 522. The number of nitrogens with one attached hydrogen (secondary N) is 1. The Morgan fingerprint density at radius 2 is 1.95 bits per heavy atom. The van der Waals surface area contributed by atoms with E-state index in [0.717, 1.165) is 23.9 Å². The summed E-state index contributed by atoms with van der Waals surface area (Å²) in [5, 5.41) is 10.5. The first-order valence-electron chi connectivity index (χ1n) is 5.16. The minimum atomic E-state index is -4.60. The quantitative estimate of drug-likeness (QED) is 0.833. The second-order valence-corrected chi connectivity index (χ2v) is 5.52. The fourth-order valence-corrected chi connectivity index (χ4v) is 2.17. The van der Waals surface area contributed by atoms with Gasteiger partial charge in [-0.15, -0.1) is 11.8 Å². The summed E-state index contributed by atoms with van der Waals surface area (Å²) in [5.74, 6) is -2.31. The van der Waals surface area contributed by atoms with Crippen LogP contribution in [0.15, 0.2) is 22.7 Å². The lowest BCUT2D eigenvalue weighted by Gasteiger charge is -2.14. The van der Waals surface area contributed by atoms with E-state index in [1.165, 1.54) is 6.07 Å². The van der Waals surface area contributed by atoms with E-state index in [9.17, 15) is 22.8 Å². The summed E-state index contributed by atoms with van der Waals surface area (Å²) in [6.07, 6.45) is -4.60. The first-order valence-corrected chi connectivity index (χ1v) is 7.11. The molecule has 9 heteroatoms. The Kier molecular flexibility index (Phi) is 5.88. The highest BCUT2D eigenvalue weighted by Gasteiger charge is 2.34. The van der Waals surface area contributed by atoms with Crippen LogP contribution >= 0.6 is 27.7 Å². The number of benzene rings is 1. The maximum Gasteiger partial charge on any atom is 0.418 e. The zero-order valence-electron chi connectivity index (χ0n) is 9.83. The summed E-state index contributed by atoms with van der Waals surface area (Å²) in [7, 11) is 0. The topological polar surface area (TPSA) is 66.4 Å². The summed E-state index contributed by atoms with van der Waals surface area (Å²) < 4.78 is 38.6. The monoisotopic (exact) mass is 371 g/mol. The van der Waals surface area contributed by atoms with E-state index < -0.39 is 23.6 Å². The zero-order valence-corrected chi connectivity index (χ0v) is 12.2. The molecule has 0 unspecified atom stereocenters. The molecule has 0 aliphatic rings. The molecule has 0 aromatic heterocycles. The van der Waals surface area contributed by atoms with Crippen LogP contribution < -0.4 is 5.32 Å². The molecule has 20 heavy (non-hydrogen) atoms. The van der Waals surface area contributed by atoms with Crippen molar-refractivity contribution in [1.29, 1.82) is 0 Å². The maximum atomic E-state index is 12.8. The lowest BCUT2D eigenvalue weighted by Crippen LogP contribution is -2.18. The second kappa shape index (κ2) is 6.98. The number of rotatable bonds is 5. The average Bonchev–Trinajstić information content (AvgIpc) is 2.29. The van der Waals surface area contributed by atoms with E-state index >= 15 is 0 Å².